The predicted octanol–water partition coefficient (Wildman–Crippen LogP) is 1.27. The zero-order valence-electron chi connectivity index (χ0n) is 11.1. The minimum atomic E-state index is -0.553. The number of amides is 1. The molecule has 19 heavy (non-hydrogen) atoms. The van der Waals surface area contributed by atoms with E-state index >= 15 is 0 Å². The average molecular weight is 269 g/mol. The average Bonchev–Trinajstić information content (AvgIpc) is 2.38. The van der Waals surface area contributed by atoms with Crippen molar-refractivity contribution in [1.82, 2.24) is 5.32 Å². The van der Waals surface area contributed by atoms with Crippen LogP contribution >= 0.6 is 0 Å². The molecular formula is C14H20FNO3. The summed E-state index contributed by atoms with van der Waals surface area (Å²) in [5.74, 6) is -0.353. The quantitative estimate of drug-likeness (QED) is 0.747. The summed E-state index contributed by atoms with van der Waals surface area (Å²) in [6, 6.07) is 6.11. The number of aliphatic hydroxyl groups excluding tert-OH is 1. The van der Waals surface area contributed by atoms with Crippen LogP contribution in [0, 0.1) is 5.82 Å². The van der Waals surface area contributed by atoms with Crippen molar-refractivity contribution in [2.24, 2.45) is 0 Å². The second-order valence-electron chi connectivity index (χ2n) is 4.37. The Morgan fingerprint density at radius 3 is 2.74 bits per heavy atom. The van der Waals surface area contributed by atoms with Gasteiger partial charge in [0.2, 0.25) is 5.91 Å². The molecule has 2 N–H and O–H groups in total. The second kappa shape index (κ2) is 8.61. The summed E-state index contributed by atoms with van der Waals surface area (Å²) in [5, 5.41) is 12.1. The monoisotopic (exact) mass is 269 g/mol. The van der Waals surface area contributed by atoms with Crippen molar-refractivity contribution in [3.8, 4) is 0 Å². The Morgan fingerprint density at radius 1 is 1.42 bits per heavy atom. The topological polar surface area (TPSA) is 58.6 Å². The molecule has 0 aliphatic rings. The van der Waals surface area contributed by atoms with Crippen molar-refractivity contribution < 1.29 is 19.0 Å². The third kappa shape index (κ3) is 6.88. The van der Waals surface area contributed by atoms with Crippen molar-refractivity contribution in [2.75, 3.05) is 20.3 Å². The standard InChI is InChI=1S/C14H20FNO3/c1-19-10-13(17)8-9-16-14(18)7-4-11-2-5-12(15)6-3-11/h2-3,5-6,13,17H,4,7-10H2,1H3,(H,16,18). The number of aliphatic hydroxyl groups is 1. The third-order valence-corrected chi connectivity index (χ3v) is 2.71. The van der Waals surface area contributed by atoms with Crippen LogP contribution in [0.25, 0.3) is 0 Å². The van der Waals surface area contributed by atoms with Crippen LogP contribution in [0.2, 0.25) is 0 Å². The number of carbonyl (C=O) groups excluding carboxylic acids is 1. The van der Waals surface area contributed by atoms with Gasteiger partial charge in [0.25, 0.3) is 0 Å². The van der Waals surface area contributed by atoms with Crippen molar-refractivity contribution in [1.29, 1.82) is 0 Å². The zero-order valence-corrected chi connectivity index (χ0v) is 11.1. The summed E-state index contributed by atoms with van der Waals surface area (Å²) in [6.07, 6.45) is 0.844. The van der Waals surface area contributed by atoms with Gasteiger partial charge in [-0.1, -0.05) is 12.1 Å². The summed E-state index contributed by atoms with van der Waals surface area (Å²) in [6.45, 7) is 0.693. The molecule has 1 atom stereocenters. The van der Waals surface area contributed by atoms with Gasteiger partial charge in [-0.25, -0.2) is 4.39 Å². The van der Waals surface area contributed by atoms with Crippen LogP contribution in [0.1, 0.15) is 18.4 Å². The predicted molar refractivity (Wildman–Crippen MR) is 70.2 cm³/mol. The van der Waals surface area contributed by atoms with Crippen LogP contribution in [-0.2, 0) is 16.0 Å². The van der Waals surface area contributed by atoms with E-state index in [1.807, 2.05) is 0 Å². The van der Waals surface area contributed by atoms with Crippen molar-refractivity contribution >= 4 is 5.91 Å². The number of ether oxygens (including phenoxy) is 1. The Morgan fingerprint density at radius 2 is 2.11 bits per heavy atom. The van der Waals surface area contributed by atoms with Crippen LogP contribution in [0.3, 0.4) is 0 Å². The van der Waals surface area contributed by atoms with Gasteiger partial charge in [0, 0.05) is 20.1 Å². The fourth-order valence-electron chi connectivity index (χ4n) is 1.65. The van der Waals surface area contributed by atoms with E-state index in [9.17, 15) is 14.3 Å². The maximum Gasteiger partial charge on any atom is 0.220 e. The number of halogens is 1. The highest BCUT2D eigenvalue weighted by molar-refractivity contribution is 5.76. The Kier molecular flexibility index (Phi) is 7.07. The number of carbonyl (C=O) groups is 1. The molecule has 5 heteroatoms. The van der Waals surface area contributed by atoms with E-state index < -0.39 is 6.10 Å². The normalized spacial score (nSPS) is 12.2. The van der Waals surface area contributed by atoms with E-state index in [0.29, 0.717) is 25.8 Å². The summed E-state index contributed by atoms with van der Waals surface area (Å²) < 4.78 is 17.5. The maximum atomic E-state index is 12.7. The minimum absolute atomic E-state index is 0.0751. The molecule has 4 nitrogen and oxygen atoms in total. The van der Waals surface area contributed by atoms with Crippen LogP contribution in [0.4, 0.5) is 4.39 Å². The largest absolute Gasteiger partial charge is 0.391 e. The summed E-state index contributed by atoms with van der Waals surface area (Å²) in [5.41, 5.74) is 0.927. The van der Waals surface area contributed by atoms with E-state index in [1.54, 1.807) is 12.1 Å². The molecule has 0 radical (unpaired) electrons. The lowest BCUT2D eigenvalue weighted by Crippen LogP contribution is -2.28. The fraction of sp³-hybridized carbons (Fsp3) is 0.500. The lowest BCUT2D eigenvalue weighted by atomic mass is 10.1. The number of nitrogens with one attached hydrogen (secondary N) is 1. The van der Waals surface area contributed by atoms with Crippen molar-refractivity contribution in [3.63, 3.8) is 0 Å². The molecule has 0 fully saturated rings. The van der Waals surface area contributed by atoms with Gasteiger partial charge >= 0.3 is 0 Å². The van der Waals surface area contributed by atoms with Gasteiger partial charge < -0.3 is 15.2 Å². The van der Waals surface area contributed by atoms with Crippen LogP contribution < -0.4 is 5.32 Å². The molecule has 106 valence electrons. The van der Waals surface area contributed by atoms with E-state index in [4.69, 9.17) is 4.74 Å². The molecule has 0 aliphatic carbocycles. The third-order valence-electron chi connectivity index (χ3n) is 2.71. The lowest BCUT2D eigenvalue weighted by Gasteiger charge is -2.10. The molecule has 0 aliphatic heterocycles. The summed E-state index contributed by atoms with van der Waals surface area (Å²) in [4.78, 5) is 11.5. The fourth-order valence-corrected chi connectivity index (χ4v) is 1.65. The van der Waals surface area contributed by atoms with Crippen LogP contribution in [0.15, 0.2) is 24.3 Å². The second-order valence-corrected chi connectivity index (χ2v) is 4.37. The van der Waals surface area contributed by atoms with Gasteiger partial charge in [0.05, 0.1) is 12.7 Å². The highest BCUT2D eigenvalue weighted by atomic mass is 19.1. The molecule has 1 rings (SSSR count). The molecule has 0 heterocycles. The molecule has 1 aromatic carbocycles. The number of benzene rings is 1. The first-order valence-corrected chi connectivity index (χ1v) is 6.30. The van der Waals surface area contributed by atoms with E-state index in [0.717, 1.165) is 5.56 Å². The van der Waals surface area contributed by atoms with Gasteiger partial charge in [0.15, 0.2) is 0 Å². The summed E-state index contributed by atoms with van der Waals surface area (Å²) >= 11 is 0. The highest BCUT2D eigenvalue weighted by Gasteiger charge is 2.05. The number of methoxy groups -OCH3 is 1. The summed E-state index contributed by atoms with van der Waals surface area (Å²) in [7, 11) is 1.52. The maximum absolute atomic E-state index is 12.7. The van der Waals surface area contributed by atoms with Gasteiger partial charge in [-0.2, -0.15) is 0 Å². The van der Waals surface area contributed by atoms with Crippen LogP contribution in [0.5, 0.6) is 0 Å². The van der Waals surface area contributed by atoms with Gasteiger partial charge in [-0.3, -0.25) is 4.79 Å². The smallest absolute Gasteiger partial charge is 0.220 e. The molecule has 1 unspecified atom stereocenters. The Balaban J connectivity index is 2.16. The molecule has 0 saturated heterocycles. The molecule has 1 amide bonds. The Bertz CT molecular complexity index is 381. The number of hydrogen-bond donors (Lipinski definition) is 2. The van der Waals surface area contributed by atoms with E-state index in [-0.39, 0.29) is 18.3 Å². The Labute approximate surface area is 112 Å². The minimum Gasteiger partial charge on any atom is -0.391 e. The zero-order chi connectivity index (χ0) is 14.1. The number of aryl methyl sites for hydroxylation is 1. The van der Waals surface area contributed by atoms with Crippen molar-refractivity contribution in [2.45, 2.75) is 25.4 Å². The molecule has 0 bridgehead atoms. The van der Waals surface area contributed by atoms with Crippen LogP contribution in [-0.4, -0.2) is 37.4 Å². The molecule has 0 saturated carbocycles. The molecule has 0 aromatic heterocycles. The SMILES string of the molecule is COCC(O)CCNC(=O)CCc1ccc(F)cc1. The Hall–Kier alpha value is -1.46. The van der Waals surface area contributed by atoms with Gasteiger partial charge in [0.1, 0.15) is 5.82 Å². The molecular weight excluding hydrogens is 249 g/mol. The molecule has 1 aromatic rings. The van der Waals surface area contributed by atoms with Gasteiger partial charge in [-0.15, -0.1) is 0 Å². The van der Waals surface area contributed by atoms with Gasteiger partial charge in [-0.05, 0) is 30.5 Å². The first-order chi connectivity index (χ1) is 9.11. The first kappa shape index (κ1) is 15.6. The lowest BCUT2D eigenvalue weighted by molar-refractivity contribution is -0.121. The number of rotatable bonds is 8. The first-order valence-electron chi connectivity index (χ1n) is 6.30. The molecule has 0 spiro atoms. The number of hydrogen-bond acceptors (Lipinski definition) is 3. The van der Waals surface area contributed by atoms with E-state index in [1.165, 1.54) is 19.2 Å². The highest BCUT2D eigenvalue weighted by Crippen LogP contribution is 2.05. The van der Waals surface area contributed by atoms with E-state index in [2.05, 4.69) is 5.32 Å². The van der Waals surface area contributed by atoms with Crippen molar-refractivity contribution in [3.05, 3.63) is 35.6 Å².